The van der Waals surface area contributed by atoms with Crippen LogP contribution in [0.1, 0.15) is 31.2 Å². The van der Waals surface area contributed by atoms with Gasteiger partial charge in [-0.05, 0) is 78.2 Å². The Hall–Kier alpha value is -8.00. The number of carboxylic acid groups (broad SMARTS) is 3. The molecule has 7 N–H and O–H groups in total. The van der Waals surface area contributed by atoms with Gasteiger partial charge in [0.05, 0.1) is 61.4 Å². The zero-order chi connectivity index (χ0) is 44.3. The van der Waals surface area contributed by atoms with Crippen molar-refractivity contribution in [2.75, 3.05) is 0 Å². The summed E-state index contributed by atoms with van der Waals surface area (Å²) in [7, 11) is -4.77. The molecule has 1 aromatic heterocycles. The maximum atomic E-state index is 13.2. The third kappa shape index (κ3) is 8.80. The lowest BCUT2D eigenvalue weighted by atomic mass is 10.1. The number of carboxylic acids is 3. The molecule has 0 saturated carbocycles. The average Bonchev–Trinajstić information content (AvgIpc) is 3.59. The van der Waals surface area contributed by atoms with Crippen LogP contribution in [0, 0.1) is 0 Å². The quantitative estimate of drug-likeness (QED) is 0.0176. The zero-order valence-corrected chi connectivity index (χ0v) is 32.3. The molecule has 0 saturated heterocycles. The number of rotatable bonds is 14. The second kappa shape index (κ2) is 17.3. The molecular formula is C38H24N8O14S2. The minimum atomic E-state index is -4.77. The lowest BCUT2D eigenvalue weighted by Crippen LogP contribution is -2.13. The van der Waals surface area contributed by atoms with Gasteiger partial charge in [-0.1, -0.05) is 35.4 Å². The van der Waals surface area contributed by atoms with E-state index in [9.17, 15) is 52.6 Å². The molecule has 1 heterocycles. The Morgan fingerprint density at radius 1 is 0.661 bits per heavy atom. The highest BCUT2D eigenvalue weighted by molar-refractivity contribution is 7.94. The number of fused-ring (bicyclic) bond motifs is 2. The average molecular weight is 881 g/mol. The van der Waals surface area contributed by atoms with Crippen molar-refractivity contribution in [1.29, 1.82) is 0 Å². The number of H-pyrrole nitrogens is 1. The number of aromatic nitrogens is 2. The number of aromatic amines is 1. The minimum Gasteiger partial charge on any atom is -0.505 e. The van der Waals surface area contributed by atoms with Gasteiger partial charge in [-0.2, -0.15) is 18.6 Å². The van der Waals surface area contributed by atoms with Crippen molar-refractivity contribution in [1.82, 2.24) is 9.78 Å². The van der Waals surface area contributed by atoms with Gasteiger partial charge in [-0.25, -0.2) is 24.3 Å². The van der Waals surface area contributed by atoms with Gasteiger partial charge >= 0.3 is 17.9 Å². The number of benzene rings is 6. The van der Waals surface area contributed by atoms with E-state index in [0.717, 1.165) is 35.0 Å². The van der Waals surface area contributed by atoms with Gasteiger partial charge in [0.25, 0.3) is 15.7 Å². The maximum Gasteiger partial charge on any atom is 0.356 e. The highest BCUT2D eigenvalue weighted by Gasteiger charge is 2.22. The Morgan fingerprint density at radius 2 is 1.31 bits per heavy atom. The number of para-hydroxylation sites is 1. The summed E-state index contributed by atoms with van der Waals surface area (Å²) in [5, 5.41) is 80.4. The second-order valence-corrected chi connectivity index (χ2v) is 14.7. The van der Waals surface area contributed by atoms with Crippen LogP contribution < -0.4 is 5.56 Å². The summed E-state index contributed by atoms with van der Waals surface area (Å²) in [5.41, 5.74) is -2.60. The molecule has 24 heteroatoms. The number of carbonyl (C=O) groups is 3. The van der Waals surface area contributed by atoms with Gasteiger partial charge in [-0.15, -0.1) is 24.8 Å². The topological polar surface area (TPSA) is 337 Å². The van der Waals surface area contributed by atoms with E-state index < -0.39 is 55.6 Å². The largest absolute Gasteiger partial charge is 0.505 e. The van der Waals surface area contributed by atoms with Gasteiger partial charge in [0.1, 0.15) is 5.69 Å². The molecule has 6 aromatic carbocycles. The highest BCUT2D eigenvalue weighted by Crippen LogP contribution is 2.46. The van der Waals surface area contributed by atoms with Crippen LogP contribution in [0.25, 0.3) is 27.2 Å². The number of aromatic carboxylic acids is 3. The van der Waals surface area contributed by atoms with Crippen molar-refractivity contribution in [2.45, 2.75) is 9.79 Å². The van der Waals surface area contributed by atoms with Crippen molar-refractivity contribution in [3.63, 3.8) is 0 Å². The molecule has 0 spiro atoms. The standard InChI is InChI=1S/C38H24N8O14S2/c47-34-26-16-21(39-44-32-33(38(53)54)45-46(35(32)48)23-4-2-1-3-5-23)7-6-18(26)15-30(61-60-59-55)31(34)43-42-29-11-10-28(25-9-8-24(17-27(25)29)62(56,57)58)41-40-22-13-19(36(49)50)12-20(14-22)37(51)52/h1-17,45,47,55H,(H,49,50)(H,51,52)(H,53,54)(H,56,57,58). The molecule has 0 bridgehead atoms. The van der Waals surface area contributed by atoms with Crippen LogP contribution in [0.2, 0.25) is 0 Å². The molecule has 7 aromatic rings. The van der Waals surface area contributed by atoms with E-state index in [4.69, 9.17) is 5.26 Å². The third-order valence-electron chi connectivity index (χ3n) is 8.73. The molecule has 0 amide bonds. The number of nitrogens with zero attached hydrogens (tertiary/aromatic N) is 7. The van der Waals surface area contributed by atoms with Gasteiger partial charge in [0.2, 0.25) is 0 Å². The van der Waals surface area contributed by atoms with Gasteiger partial charge in [0.15, 0.2) is 17.1 Å². The first kappa shape index (κ1) is 42.1. The van der Waals surface area contributed by atoms with E-state index in [1.54, 1.807) is 30.3 Å². The number of hydrogen-bond donors (Lipinski definition) is 7. The SMILES string of the molecule is O=C(O)c1cc(N=Nc2ccc(N=Nc3c(SOOO)cc4ccc(N=Nc5c(C(=O)O)[nH]n(-c6ccccc6)c5=O)cc4c3O)c3cc(S(=O)(=O)O)ccc23)cc(C(=O)O)c1. The van der Waals surface area contributed by atoms with Gasteiger partial charge < -0.3 is 20.4 Å². The Bertz CT molecular complexity index is 3210. The molecule has 0 aliphatic carbocycles. The van der Waals surface area contributed by atoms with Crippen molar-refractivity contribution < 1.29 is 62.4 Å². The first-order valence-corrected chi connectivity index (χ1v) is 19.3. The van der Waals surface area contributed by atoms with Crippen LogP contribution in [-0.4, -0.2) is 66.3 Å². The van der Waals surface area contributed by atoms with Crippen LogP contribution in [0.3, 0.4) is 0 Å². The Kier molecular flexibility index (Phi) is 11.8. The van der Waals surface area contributed by atoms with Gasteiger partial charge in [-0.3, -0.25) is 14.4 Å². The fraction of sp³-hybridized carbons (Fsp3) is 0. The maximum absolute atomic E-state index is 13.2. The van der Waals surface area contributed by atoms with Crippen LogP contribution in [0.15, 0.2) is 148 Å². The van der Waals surface area contributed by atoms with Crippen molar-refractivity contribution in [3.05, 3.63) is 130 Å². The fourth-order valence-corrected chi connectivity index (χ4v) is 6.90. The van der Waals surface area contributed by atoms with E-state index in [-0.39, 0.29) is 60.6 Å². The molecule has 62 heavy (non-hydrogen) atoms. The normalized spacial score (nSPS) is 12.0. The third-order valence-corrected chi connectivity index (χ3v) is 10.2. The monoisotopic (exact) mass is 880 g/mol. The highest BCUT2D eigenvalue weighted by atomic mass is 32.2. The second-order valence-electron chi connectivity index (χ2n) is 12.6. The van der Waals surface area contributed by atoms with E-state index in [1.807, 2.05) is 0 Å². The molecule has 22 nitrogen and oxygen atoms in total. The molecule has 0 fully saturated rings. The molecule has 312 valence electrons. The minimum absolute atomic E-state index is 0.0229. The summed E-state index contributed by atoms with van der Waals surface area (Å²) in [6.45, 7) is 0. The van der Waals surface area contributed by atoms with Crippen LogP contribution >= 0.6 is 12.0 Å². The van der Waals surface area contributed by atoms with E-state index in [0.29, 0.717) is 23.1 Å². The predicted molar refractivity (Wildman–Crippen MR) is 216 cm³/mol. The van der Waals surface area contributed by atoms with E-state index in [2.05, 4.69) is 45.2 Å². The molecule has 0 radical (unpaired) electrons. The Labute approximate surface area is 349 Å². The predicted octanol–water partition coefficient (Wildman–Crippen LogP) is 9.19. The molecule has 0 unspecified atom stereocenters. The Morgan fingerprint density at radius 3 is 1.95 bits per heavy atom. The smallest absolute Gasteiger partial charge is 0.356 e. The lowest BCUT2D eigenvalue weighted by Gasteiger charge is -2.10. The number of phenolic OH excluding ortho intramolecular Hbond substituents is 1. The number of nitrogens with one attached hydrogen (secondary N) is 1. The fourth-order valence-electron chi connectivity index (χ4n) is 5.90. The molecule has 7 rings (SSSR count). The van der Waals surface area contributed by atoms with E-state index in [1.165, 1.54) is 42.5 Å². The number of phenols is 1. The van der Waals surface area contributed by atoms with Crippen LogP contribution in [0.4, 0.5) is 34.1 Å². The van der Waals surface area contributed by atoms with Crippen LogP contribution in [0.5, 0.6) is 5.75 Å². The molecule has 0 aliphatic rings. The summed E-state index contributed by atoms with van der Waals surface area (Å²) in [4.78, 5) is 47.8. The summed E-state index contributed by atoms with van der Waals surface area (Å²) in [5.74, 6) is -4.84. The Balaban J connectivity index is 1.30. The first-order chi connectivity index (χ1) is 29.6. The van der Waals surface area contributed by atoms with Crippen molar-refractivity contribution in [3.8, 4) is 11.4 Å². The van der Waals surface area contributed by atoms with Crippen molar-refractivity contribution in [2.24, 2.45) is 30.7 Å². The van der Waals surface area contributed by atoms with Crippen molar-refractivity contribution >= 4 is 95.7 Å². The number of aromatic hydroxyl groups is 1. The first-order valence-electron chi connectivity index (χ1n) is 17.1. The summed E-state index contributed by atoms with van der Waals surface area (Å²) in [6, 6.07) is 23.1. The van der Waals surface area contributed by atoms with Crippen LogP contribution in [-0.2, 0) is 19.5 Å². The summed E-state index contributed by atoms with van der Waals surface area (Å²) >= 11 is 0.414. The molecule has 0 atom stereocenters. The number of azo groups is 3. The van der Waals surface area contributed by atoms with Gasteiger partial charge in [0, 0.05) is 16.2 Å². The summed E-state index contributed by atoms with van der Waals surface area (Å²) in [6.07, 6.45) is 0. The van der Waals surface area contributed by atoms with E-state index >= 15 is 0 Å². The zero-order valence-electron chi connectivity index (χ0n) is 30.7. The summed E-state index contributed by atoms with van der Waals surface area (Å²) < 4.78 is 39.7. The molecular weight excluding hydrogens is 857 g/mol. The molecule has 0 aliphatic heterocycles. The lowest BCUT2D eigenvalue weighted by molar-refractivity contribution is -0.432. The number of hydrogen-bond acceptors (Lipinski definition) is 17.